The maximum atomic E-state index is 11.8. The largest absolute Gasteiger partial charge is 0.478 e. The van der Waals surface area contributed by atoms with E-state index in [1.165, 1.54) is 32.3 Å². The summed E-state index contributed by atoms with van der Waals surface area (Å²) >= 11 is 5.78. The lowest BCUT2D eigenvalue weighted by Gasteiger charge is -2.18. The molecule has 0 aromatic heterocycles. The van der Waals surface area contributed by atoms with Gasteiger partial charge in [0.2, 0.25) is 5.91 Å². The van der Waals surface area contributed by atoms with Crippen LogP contribution in [0.4, 0.5) is 10.5 Å². The first-order valence-electron chi connectivity index (χ1n) is 5.61. The Morgan fingerprint density at radius 2 is 2.00 bits per heavy atom. The average Bonchev–Trinajstić information content (AvgIpc) is 2.37. The van der Waals surface area contributed by atoms with Crippen molar-refractivity contribution >= 4 is 35.2 Å². The Morgan fingerprint density at radius 3 is 2.55 bits per heavy atom. The van der Waals surface area contributed by atoms with Crippen molar-refractivity contribution in [2.45, 2.75) is 0 Å². The molecule has 0 spiro atoms. The van der Waals surface area contributed by atoms with Crippen LogP contribution in [-0.4, -0.2) is 48.6 Å². The van der Waals surface area contributed by atoms with E-state index in [1.54, 1.807) is 0 Å². The second-order valence-corrected chi connectivity index (χ2v) is 4.33. The quantitative estimate of drug-likeness (QED) is 0.779. The van der Waals surface area contributed by atoms with Gasteiger partial charge in [-0.2, -0.15) is 0 Å². The van der Waals surface area contributed by atoms with Gasteiger partial charge in [-0.15, -0.1) is 0 Å². The second-order valence-electron chi connectivity index (χ2n) is 3.93. The lowest BCUT2D eigenvalue weighted by molar-refractivity contribution is -0.120. The molecule has 108 valence electrons. The summed E-state index contributed by atoms with van der Waals surface area (Å²) in [6, 6.07) is 3.73. The van der Waals surface area contributed by atoms with E-state index in [1.807, 2.05) is 0 Å². The third-order valence-electron chi connectivity index (χ3n) is 2.48. The maximum absolute atomic E-state index is 11.8. The number of amides is 3. The number of hydrogen-bond donors (Lipinski definition) is 3. The van der Waals surface area contributed by atoms with Gasteiger partial charge in [-0.1, -0.05) is 17.7 Å². The fourth-order valence-electron chi connectivity index (χ4n) is 1.42. The highest BCUT2D eigenvalue weighted by Gasteiger charge is 2.18. The SMILES string of the molecule is CNC(=O)CN(C)C(=O)Nc1cccc(Cl)c1C(=O)O. The molecule has 0 fully saturated rings. The molecule has 0 unspecified atom stereocenters. The molecule has 0 aliphatic rings. The predicted octanol–water partition coefficient (Wildman–Crippen LogP) is 1.25. The number of aromatic carboxylic acids is 1. The van der Waals surface area contributed by atoms with Crippen molar-refractivity contribution in [3.63, 3.8) is 0 Å². The number of likely N-dealkylation sites (N-methyl/N-ethyl adjacent to an activating group) is 2. The van der Waals surface area contributed by atoms with Gasteiger partial charge < -0.3 is 20.6 Å². The number of nitrogens with zero attached hydrogens (tertiary/aromatic N) is 1. The lowest BCUT2D eigenvalue weighted by atomic mass is 10.2. The Bertz CT molecular complexity index is 548. The van der Waals surface area contributed by atoms with Crippen molar-refractivity contribution in [1.29, 1.82) is 0 Å². The van der Waals surface area contributed by atoms with Gasteiger partial charge in [0.25, 0.3) is 0 Å². The van der Waals surface area contributed by atoms with E-state index in [0.29, 0.717) is 0 Å². The first-order valence-corrected chi connectivity index (χ1v) is 5.99. The van der Waals surface area contributed by atoms with Crippen molar-refractivity contribution in [1.82, 2.24) is 10.2 Å². The van der Waals surface area contributed by atoms with Gasteiger partial charge in [-0.25, -0.2) is 9.59 Å². The van der Waals surface area contributed by atoms with Crippen molar-refractivity contribution in [3.8, 4) is 0 Å². The third-order valence-corrected chi connectivity index (χ3v) is 2.79. The van der Waals surface area contributed by atoms with Gasteiger partial charge in [0.15, 0.2) is 0 Å². The van der Waals surface area contributed by atoms with Crippen molar-refractivity contribution in [3.05, 3.63) is 28.8 Å². The lowest BCUT2D eigenvalue weighted by Crippen LogP contribution is -2.39. The Balaban J connectivity index is 2.88. The number of carbonyl (C=O) groups is 3. The molecule has 8 heteroatoms. The minimum Gasteiger partial charge on any atom is -0.478 e. The molecule has 0 saturated carbocycles. The summed E-state index contributed by atoms with van der Waals surface area (Å²) in [4.78, 5) is 35.2. The molecule has 0 bridgehead atoms. The number of halogens is 1. The van der Waals surface area contributed by atoms with Gasteiger partial charge in [0.1, 0.15) is 12.1 Å². The molecule has 20 heavy (non-hydrogen) atoms. The summed E-state index contributed by atoms with van der Waals surface area (Å²) in [5.41, 5.74) is -0.130. The fraction of sp³-hybridized carbons (Fsp3) is 0.250. The Labute approximate surface area is 120 Å². The first kappa shape index (κ1) is 15.8. The van der Waals surface area contributed by atoms with E-state index >= 15 is 0 Å². The number of urea groups is 1. The molecular formula is C12H14ClN3O4. The van der Waals surface area contributed by atoms with Crippen LogP contribution >= 0.6 is 11.6 Å². The average molecular weight is 300 g/mol. The second kappa shape index (κ2) is 6.76. The molecule has 1 aromatic rings. The molecule has 0 atom stereocenters. The zero-order valence-corrected chi connectivity index (χ0v) is 11.7. The van der Waals surface area contributed by atoms with Crippen molar-refractivity contribution in [2.24, 2.45) is 0 Å². The summed E-state index contributed by atoms with van der Waals surface area (Å²) in [6.07, 6.45) is 0. The zero-order chi connectivity index (χ0) is 15.3. The third kappa shape index (κ3) is 3.86. The Hall–Kier alpha value is -2.28. The van der Waals surface area contributed by atoms with E-state index in [0.717, 1.165) is 4.90 Å². The highest BCUT2D eigenvalue weighted by Crippen LogP contribution is 2.24. The van der Waals surface area contributed by atoms with E-state index < -0.39 is 12.0 Å². The monoisotopic (exact) mass is 299 g/mol. The summed E-state index contributed by atoms with van der Waals surface area (Å²) < 4.78 is 0. The maximum Gasteiger partial charge on any atom is 0.339 e. The molecule has 0 aliphatic heterocycles. The number of nitrogens with one attached hydrogen (secondary N) is 2. The molecule has 0 saturated heterocycles. The molecule has 7 nitrogen and oxygen atoms in total. The topological polar surface area (TPSA) is 98.7 Å². The molecule has 0 radical (unpaired) electrons. The standard InChI is InChI=1S/C12H14ClN3O4/c1-14-9(17)6-16(2)12(20)15-8-5-3-4-7(13)10(8)11(18)19/h3-5H,6H2,1-2H3,(H,14,17)(H,15,20)(H,18,19). The predicted molar refractivity (Wildman–Crippen MR) is 74.1 cm³/mol. The van der Waals surface area contributed by atoms with Crippen LogP contribution in [0.1, 0.15) is 10.4 Å². The van der Waals surface area contributed by atoms with Crippen LogP contribution in [0.3, 0.4) is 0 Å². The van der Waals surface area contributed by atoms with Crippen molar-refractivity contribution < 1.29 is 19.5 Å². The van der Waals surface area contributed by atoms with Crippen LogP contribution in [0.15, 0.2) is 18.2 Å². The van der Waals surface area contributed by atoms with Gasteiger partial charge in [0.05, 0.1) is 10.7 Å². The Kier molecular flexibility index (Phi) is 5.33. The van der Waals surface area contributed by atoms with Gasteiger partial charge in [-0.3, -0.25) is 4.79 Å². The molecule has 0 aliphatic carbocycles. The molecule has 0 heterocycles. The zero-order valence-electron chi connectivity index (χ0n) is 10.9. The van der Waals surface area contributed by atoms with E-state index in [2.05, 4.69) is 10.6 Å². The molecular weight excluding hydrogens is 286 g/mol. The van der Waals surface area contributed by atoms with E-state index in [-0.39, 0.29) is 28.7 Å². The fourth-order valence-corrected chi connectivity index (χ4v) is 1.68. The minimum absolute atomic E-state index is 0.0178. The molecule has 3 amide bonds. The molecule has 1 aromatic carbocycles. The number of carbonyl (C=O) groups excluding carboxylic acids is 2. The summed E-state index contributed by atoms with van der Waals surface area (Å²) in [7, 11) is 2.86. The number of anilines is 1. The molecule has 3 N–H and O–H groups in total. The number of hydrogen-bond acceptors (Lipinski definition) is 3. The smallest absolute Gasteiger partial charge is 0.339 e. The van der Waals surface area contributed by atoms with Crippen LogP contribution in [0, 0.1) is 0 Å². The first-order chi connectivity index (χ1) is 9.36. The van der Waals surface area contributed by atoms with E-state index in [4.69, 9.17) is 16.7 Å². The number of rotatable bonds is 4. The summed E-state index contributed by atoms with van der Waals surface area (Å²) in [6.45, 7) is -0.148. The minimum atomic E-state index is -1.25. The van der Waals surface area contributed by atoms with E-state index in [9.17, 15) is 14.4 Å². The molecule has 1 rings (SSSR count). The number of carboxylic acid groups (broad SMARTS) is 1. The van der Waals surface area contributed by atoms with Crippen LogP contribution in [0.5, 0.6) is 0 Å². The van der Waals surface area contributed by atoms with Crippen LogP contribution < -0.4 is 10.6 Å². The summed E-state index contributed by atoms with van der Waals surface area (Å²) in [5, 5.41) is 13.9. The number of benzene rings is 1. The highest BCUT2D eigenvalue weighted by molar-refractivity contribution is 6.34. The number of carboxylic acids is 1. The van der Waals surface area contributed by atoms with Crippen LogP contribution in [-0.2, 0) is 4.79 Å². The highest BCUT2D eigenvalue weighted by atomic mass is 35.5. The van der Waals surface area contributed by atoms with Crippen LogP contribution in [0.25, 0.3) is 0 Å². The van der Waals surface area contributed by atoms with Gasteiger partial charge in [-0.05, 0) is 12.1 Å². The van der Waals surface area contributed by atoms with Gasteiger partial charge in [0, 0.05) is 14.1 Å². The van der Waals surface area contributed by atoms with Crippen molar-refractivity contribution in [2.75, 3.05) is 26.0 Å². The Morgan fingerprint density at radius 1 is 1.35 bits per heavy atom. The normalized spacial score (nSPS) is 9.75. The van der Waals surface area contributed by atoms with Crippen LogP contribution in [0.2, 0.25) is 5.02 Å². The van der Waals surface area contributed by atoms with Gasteiger partial charge >= 0.3 is 12.0 Å². The summed E-state index contributed by atoms with van der Waals surface area (Å²) in [5.74, 6) is -1.59.